The number of hydrogen-bond acceptors (Lipinski definition) is 21. The summed E-state index contributed by atoms with van der Waals surface area (Å²) in [6, 6.07) is 18.2. The zero-order chi connectivity index (χ0) is 87.1. The van der Waals surface area contributed by atoms with Crippen molar-refractivity contribution in [3.8, 4) is 67.5 Å². The number of nitrogen functional groups attached to an aromatic ring is 4. The number of halogens is 12. The molecule has 17 rings (SSSR count). The molecule has 0 saturated carbocycles. The van der Waals surface area contributed by atoms with Crippen LogP contribution in [0.15, 0.2) is 147 Å². The molecule has 25 nitrogen and oxygen atoms in total. The van der Waals surface area contributed by atoms with Gasteiger partial charge < -0.3 is 65.9 Å². The topological polar surface area (TPSA) is 321 Å². The standard InChI is InChI=1S/C23H23Cl2FN4O2.C22H23Cl2FN4O3.C21H21Cl2FN4O2.C20H19Cl2FN4O2/c1-12(21-17(24)3-4-18(26)22(21)25)31-20-7-13(8-28-23(20)27)15-9-29-30(11-15)10-14-6-16-2-5-19(14)32-16;1-13(19-16(23)2-3-17(25)20(19)24)32-18-8-14(9-27-21(18)26)15-10-28-29(11-15)12-22(30)4-6-31-7-5-22;1-12(19-16(22)2-3-17(24)20(19)23)30-18-8-13(9-26-21(18)25)14-10-27-28(11-14)15-4-6-29-7-5-15;1-11(18-15(21)2-3-16(23)19(18)22)29-17-6-12(7-25-20(17)24)13-8-26-27(9-13)14-4-5-28-10-14/h3-4,7-9,11-12,14,16,19H,2,5-6,10H2,1H3,(H2,27,28);2-3,8-11,13,30H,4-7,12H2,1H3,(H2,26,27);2-3,8-12,15H,4-7H2,1H3,(H2,25,26);2-3,6-9,11,14H,4-5,10H2,1H3,(H2,24,25). The van der Waals surface area contributed by atoms with Crippen molar-refractivity contribution in [2.45, 2.75) is 146 Å². The largest absolute Gasteiger partial charge is 0.482 e. The summed E-state index contributed by atoms with van der Waals surface area (Å²) in [5, 5.41) is 29.4. The Kier molecular flexibility index (Phi) is 29.1. The lowest BCUT2D eigenvalue weighted by atomic mass is 9.89. The molecule has 0 radical (unpaired) electrons. The molecule has 37 heteroatoms. The first-order valence-electron chi connectivity index (χ1n) is 39.5. The molecule has 5 aliphatic heterocycles. The van der Waals surface area contributed by atoms with E-state index in [-0.39, 0.29) is 49.4 Å². The highest BCUT2D eigenvalue weighted by Crippen LogP contribution is 2.45. The third-order valence-electron chi connectivity index (χ3n) is 21.9. The Bertz CT molecular complexity index is 5740. The Balaban J connectivity index is 0.000000134. The lowest BCUT2D eigenvalue weighted by Gasteiger charge is -2.31. The van der Waals surface area contributed by atoms with E-state index in [1.165, 1.54) is 55.0 Å². The SMILES string of the molecule is CC(Oc1cc(-c2cnn(C3CCOC3)c2)cnc1N)c1c(Cl)ccc(F)c1Cl.CC(Oc1cc(-c2cnn(C3CCOCC3)c2)cnc1N)c1c(Cl)ccc(F)c1Cl.CC(Oc1cc(-c2cnn(CC3(O)CCOCC3)c2)cnc1N)c1c(Cl)ccc(F)c1Cl.CC(Oc1cc(-c2cnn(CC3CC4CCC3O4)c2)cnc1N)c1c(Cl)ccc(F)c1Cl. The molecule has 0 aliphatic carbocycles. The number of fused-ring (bicyclic) bond motifs is 2. The zero-order valence-electron chi connectivity index (χ0n) is 66.8. The molecular formula is C86H86Cl8F4N16O9. The van der Waals surface area contributed by atoms with Crippen molar-refractivity contribution < 1.29 is 60.6 Å². The van der Waals surface area contributed by atoms with Gasteiger partial charge in [-0.15, -0.1) is 0 Å². The van der Waals surface area contributed by atoms with E-state index in [4.69, 9.17) is 154 Å². The van der Waals surface area contributed by atoms with Crippen molar-refractivity contribution in [2.75, 3.05) is 62.6 Å². The molecule has 8 atom stereocenters. The minimum atomic E-state index is -0.839. The van der Waals surface area contributed by atoms with E-state index in [2.05, 4.69) is 40.3 Å². The van der Waals surface area contributed by atoms with Gasteiger partial charge in [-0.3, -0.25) is 18.7 Å². The monoisotopic (exact) mass is 1840 g/mol. The van der Waals surface area contributed by atoms with E-state index < -0.39 is 53.3 Å². The average Bonchev–Trinajstić information content (AvgIpc) is 1.79. The highest BCUT2D eigenvalue weighted by Gasteiger charge is 2.41. The molecule has 13 heterocycles. The fourth-order valence-corrected chi connectivity index (χ4v) is 17.9. The van der Waals surface area contributed by atoms with Gasteiger partial charge >= 0.3 is 0 Å². The predicted molar refractivity (Wildman–Crippen MR) is 466 cm³/mol. The number of nitrogens with zero attached hydrogens (tertiary/aromatic N) is 12. The Morgan fingerprint density at radius 1 is 0.423 bits per heavy atom. The minimum Gasteiger partial charge on any atom is -0.482 e. The van der Waals surface area contributed by atoms with Crippen molar-refractivity contribution in [3.05, 3.63) is 233 Å². The lowest BCUT2D eigenvalue weighted by Crippen LogP contribution is -2.40. The summed E-state index contributed by atoms with van der Waals surface area (Å²) < 4.78 is 109. The van der Waals surface area contributed by atoms with Gasteiger partial charge in [-0.05, 0) is 139 Å². The van der Waals surface area contributed by atoms with E-state index in [0.717, 1.165) is 103 Å². The Hall–Kier alpha value is -9.44. The maximum Gasteiger partial charge on any atom is 0.166 e. The van der Waals surface area contributed by atoms with Crippen LogP contribution < -0.4 is 41.9 Å². The Morgan fingerprint density at radius 3 is 1.13 bits per heavy atom. The number of anilines is 4. The minimum absolute atomic E-state index is 0.0708. The second-order valence-electron chi connectivity index (χ2n) is 30.4. The van der Waals surface area contributed by atoms with Gasteiger partial charge in [0.2, 0.25) is 0 Å². The first kappa shape index (κ1) is 89.8. The van der Waals surface area contributed by atoms with Gasteiger partial charge in [0.1, 0.15) is 47.7 Å². The van der Waals surface area contributed by atoms with Crippen LogP contribution in [0.5, 0.6) is 23.0 Å². The Morgan fingerprint density at radius 2 is 0.764 bits per heavy atom. The van der Waals surface area contributed by atoms with Gasteiger partial charge in [-0.2, -0.15) is 20.4 Å². The third kappa shape index (κ3) is 21.4. The third-order valence-corrected chi connectivity index (χ3v) is 24.7. The molecule has 5 aliphatic rings. The van der Waals surface area contributed by atoms with Crippen molar-refractivity contribution in [1.82, 2.24) is 59.1 Å². The molecule has 648 valence electrons. The van der Waals surface area contributed by atoms with E-state index in [1.54, 1.807) is 106 Å². The molecule has 2 bridgehead atoms. The van der Waals surface area contributed by atoms with Crippen LogP contribution in [0.4, 0.5) is 40.8 Å². The van der Waals surface area contributed by atoms with Crippen LogP contribution in [0.3, 0.4) is 0 Å². The fourth-order valence-electron chi connectivity index (χ4n) is 15.1. The number of rotatable bonds is 22. The highest BCUT2D eigenvalue weighted by molar-refractivity contribution is 6.38. The molecule has 5 saturated heterocycles. The number of ether oxygens (including phenoxy) is 8. The van der Waals surface area contributed by atoms with Crippen molar-refractivity contribution in [3.63, 3.8) is 0 Å². The van der Waals surface area contributed by atoms with Gasteiger partial charge in [-0.25, -0.2) is 37.5 Å². The first-order valence-corrected chi connectivity index (χ1v) is 42.5. The summed E-state index contributed by atoms with van der Waals surface area (Å²) in [6.07, 6.45) is 26.9. The van der Waals surface area contributed by atoms with E-state index in [9.17, 15) is 22.7 Å². The Labute approximate surface area is 745 Å². The molecule has 9 N–H and O–H groups in total. The van der Waals surface area contributed by atoms with Gasteiger partial charge in [0.15, 0.2) is 46.3 Å². The van der Waals surface area contributed by atoms with Crippen LogP contribution >= 0.6 is 92.8 Å². The summed E-state index contributed by atoms with van der Waals surface area (Å²) in [6.45, 7) is 12.0. The fraction of sp³-hybridized carbons (Fsp3) is 0.349. The number of pyridine rings is 4. The summed E-state index contributed by atoms with van der Waals surface area (Å²) >= 11 is 49.2. The second-order valence-corrected chi connectivity index (χ2v) is 33.5. The van der Waals surface area contributed by atoms with Gasteiger partial charge in [0, 0.05) is 195 Å². The maximum atomic E-state index is 13.9. The normalized spacial score (nSPS) is 18.3. The van der Waals surface area contributed by atoms with Gasteiger partial charge in [0.05, 0.1) is 87.9 Å². The summed E-state index contributed by atoms with van der Waals surface area (Å²) in [5.74, 6) is 0.426. The molecular weight excluding hydrogens is 1760 g/mol. The molecule has 5 fully saturated rings. The van der Waals surface area contributed by atoms with E-state index in [0.29, 0.717) is 129 Å². The highest BCUT2D eigenvalue weighted by atomic mass is 35.5. The van der Waals surface area contributed by atoms with Crippen molar-refractivity contribution in [2.24, 2.45) is 5.92 Å². The van der Waals surface area contributed by atoms with Gasteiger partial charge in [-0.1, -0.05) is 92.8 Å². The van der Waals surface area contributed by atoms with Crippen LogP contribution in [0.1, 0.15) is 138 Å². The van der Waals surface area contributed by atoms with Crippen LogP contribution in [0.2, 0.25) is 40.2 Å². The zero-order valence-corrected chi connectivity index (χ0v) is 72.8. The summed E-state index contributed by atoms with van der Waals surface area (Å²) in [4.78, 5) is 16.9. The quantitative estimate of drug-likeness (QED) is 0.0311. The second kappa shape index (κ2) is 39.8. The molecule has 4 aromatic carbocycles. The van der Waals surface area contributed by atoms with Crippen molar-refractivity contribution >= 4 is 116 Å². The van der Waals surface area contributed by atoms with Crippen LogP contribution in [-0.2, 0) is 32.0 Å². The number of nitrogens with two attached hydrogens (primary N) is 4. The van der Waals surface area contributed by atoms with E-state index in [1.807, 2.05) is 38.8 Å². The first-order chi connectivity index (χ1) is 59.0. The maximum absolute atomic E-state index is 13.9. The summed E-state index contributed by atoms with van der Waals surface area (Å²) in [7, 11) is 0. The lowest BCUT2D eigenvalue weighted by molar-refractivity contribution is -0.0744. The van der Waals surface area contributed by atoms with E-state index >= 15 is 0 Å². The number of hydrogen-bond donors (Lipinski definition) is 5. The number of aliphatic hydroxyl groups is 1. The average molecular weight is 1850 g/mol. The molecule has 123 heavy (non-hydrogen) atoms. The molecule has 0 amide bonds. The molecule has 8 aromatic heterocycles. The predicted octanol–water partition coefficient (Wildman–Crippen LogP) is 20.9. The van der Waals surface area contributed by atoms with Crippen LogP contribution in [0, 0.1) is 29.2 Å². The van der Waals surface area contributed by atoms with Crippen molar-refractivity contribution in [1.29, 1.82) is 0 Å². The smallest absolute Gasteiger partial charge is 0.166 e. The number of benzene rings is 4. The summed E-state index contributed by atoms with van der Waals surface area (Å²) in [5.41, 5.74) is 31.2. The van der Waals surface area contributed by atoms with Crippen LogP contribution in [-0.4, -0.2) is 122 Å². The molecule has 12 aromatic rings. The van der Waals surface area contributed by atoms with Gasteiger partial charge in [0.25, 0.3) is 0 Å². The number of aromatic nitrogens is 12. The van der Waals surface area contributed by atoms with Crippen LogP contribution in [0.25, 0.3) is 44.5 Å². The molecule has 0 spiro atoms. The molecule has 8 unspecified atom stereocenters.